The molecule has 1 aromatic carbocycles. The molecule has 13 heteroatoms. The highest BCUT2D eigenvalue weighted by atomic mass is 35.5. The number of pyridine rings is 2. The Labute approximate surface area is 231 Å². The first-order chi connectivity index (χ1) is 19.4. The number of hydrogen-bond donors (Lipinski definition) is 1. The normalized spacial score (nSPS) is 15.7. The van der Waals surface area contributed by atoms with E-state index in [4.69, 9.17) is 21.3 Å². The monoisotopic (exact) mass is 557 g/mol. The topological polar surface area (TPSA) is 114 Å². The summed E-state index contributed by atoms with van der Waals surface area (Å²) in [5.74, 6) is 0.884. The minimum Gasteiger partial charge on any atom is -0.455 e. The smallest absolute Gasteiger partial charge is 0.246 e. The summed E-state index contributed by atoms with van der Waals surface area (Å²) in [6.07, 6.45) is 6.80. The SMILES string of the molecule is C=CC(=O)N1CCC12CN(c1ccc3ncnc(Nc4ccc(Oc5ccn6ncnc6c5)c(Cl)c4F)c3n1)C2. The molecule has 5 aromatic rings. The summed E-state index contributed by atoms with van der Waals surface area (Å²) in [5.41, 5.74) is 1.60. The summed E-state index contributed by atoms with van der Waals surface area (Å²) in [5, 5.41) is 6.85. The highest BCUT2D eigenvalue weighted by Crippen LogP contribution is 2.42. The van der Waals surface area contributed by atoms with Gasteiger partial charge in [-0.05, 0) is 42.8 Å². The molecule has 0 unspecified atom stereocenters. The van der Waals surface area contributed by atoms with Crippen LogP contribution in [0.15, 0.2) is 67.9 Å². The van der Waals surface area contributed by atoms with E-state index in [2.05, 4.69) is 36.8 Å². The number of halogens is 2. The number of anilines is 3. The lowest BCUT2D eigenvalue weighted by Crippen LogP contribution is -2.78. The van der Waals surface area contributed by atoms with Gasteiger partial charge < -0.3 is 19.9 Å². The molecule has 2 aliphatic heterocycles. The number of hydrogen-bond acceptors (Lipinski definition) is 9. The molecule has 0 saturated carbocycles. The number of rotatable bonds is 6. The van der Waals surface area contributed by atoms with E-state index in [1.165, 1.54) is 24.8 Å². The molecule has 200 valence electrons. The fraction of sp³-hybridized carbons (Fsp3) is 0.185. The van der Waals surface area contributed by atoms with Crippen LogP contribution in [-0.2, 0) is 4.79 Å². The van der Waals surface area contributed by atoms with Crippen LogP contribution in [0.4, 0.5) is 21.7 Å². The fourth-order valence-electron chi connectivity index (χ4n) is 5.17. The highest BCUT2D eigenvalue weighted by molar-refractivity contribution is 6.32. The number of amides is 1. The maximum atomic E-state index is 15.4. The molecule has 0 atom stereocenters. The van der Waals surface area contributed by atoms with Gasteiger partial charge in [-0.25, -0.2) is 28.8 Å². The van der Waals surface area contributed by atoms with Gasteiger partial charge in [0.05, 0.1) is 16.7 Å². The van der Waals surface area contributed by atoms with E-state index in [1.807, 2.05) is 17.0 Å². The second-order valence-electron chi connectivity index (χ2n) is 9.68. The number of fused-ring (bicyclic) bond motifs is 2. The van der Waals surface area contributed by atoms with Gasteiger partial charge in [0.2, 0.25) is 5.91 Å². The van der Waals surface area contributed by atoms with Crippen LogP contribution in [0.3, 0.4) is 0 Å². The summed E-state index contributed by atoms with van der Waals surface area (Å²) < 4.78 is 22.8. The van der Waals surface area contributed by atoms with E-state index in [-0.39, 0.29) is 27.9 Å². The van der Waals surface area contributed by atoms with Crippen molar-refractivity contribution in [3.63, 3.8) is 0 Å². The third-order valence-electron chi connectivity index (χ3n) is 7.36. The molecule has 0 radical (unpaired) electrons. The zero-order valence-electron chi connectivity index (χ0n) is 21.0. The average Bonchev–Trinajstić information content (AvgIpc) is 3.40. The molecule has 2 fully saturated rings. The molecule has 40 heavy (non-hydrogen) atoms. The Morgan fingerprint density at radius 3 is 2.83 bits per heavy atom. The van der Waals surface area contributed by atoms with E-state index < -0.39 is 5.82 Å². The van der Waals surface area contributed by atoms with Crippen molar-refractivity contribution < 1.29 is 13.9 Å². The zero-order valence-corrected chi connectivity index (χ0v) is 21.7. The molecule has 2 aliphatic rings. The Kier molecular flexibility index (Phi) is 5.52. The van der Waals surface area contributed by atoms with Crippen LogP contribution in [0, 0.1) is 5.82 Å². The first-order valence-electron chi connectivity index (χ1n) is 12.5. The van der Waals surface area contributed by atoms with Crippen molar-refractivity contribution in [3.8, 4) is 11.5 Å². The lowest BCUT2D eigenvalue weighted by molar-refractivity contribution is -0.144. The van der Waals surface area contributed by atoms with Crippen molar-refractivity contribution in [2.24, 2.45) is 0 Å². The third-order valence-corrected chi connectivity index (χ3v) is 7.71. The Bertz CT molecular complexity index is 1820. The van der Waals surface area contributed by atoms with Crippen LogP contribution >= 0.6 is 11.6 Å². The van der Waals surface area contributed by atoms with Crippen LogP contribution in [0.2, 0.25) is 5.02 Å². The lowest BCUT2D eigenvalue weighted by atomic mass is 9.77. The van der Waals surface area contributed by atoms with E-state index in [0.717, 1.165) is 18.8 Å². The molecule has 4 aromatic heterocycles. The molecule has 6 heterocycles. The number of aromatic nitrogens is 6. The van der Waals surface area contributed by atoms with Gasteiger partial charge in [-0.15, -0.1) is 0 Å². The van der Waals surface area contributed by atoms with E-state index in [9.17, 15) is 4.79 Å². The maximum Gasteiger partial charge on any atom is 0.246 e. The molecular formula is C27H21ClFN9O2. The molecule has 0 bridgehead atoms. The first-order valence-corrected chi connectivity index (χ1v) is 12.8. The average molecular weight is 558 g/mol. The maximum absolute atomic E-state index is 15.4. The van der Waals surface area contributed by atoms with E-state index in [1.54, 1.807) is 28.9 Å². The van der Waals surface area contributed by atoms with Crippen LogP contribution in [0.1, 0.15) is 6.42 Å². The number of carbonyl (C=O) groups is 1. The summed E-state index contributed by atoms with van der Waals surface area (Å²) in [6.45, 7) is 5.69. The van der Waals surface area contributed by atoms with Crippen molar-refractivity contribution in [2.45, 2.75) is 12.0 Å². The molecule has 2 saturated heterocycles. The fourth-order valence-corrected chi connectivity index (χ4v) is 5.37. The predicted molar refractivity (Wildman–Crippen MR) is 147 cm³/mol. The number of likely N-dealkylation sites (tertiary alicyclic amines) is 1. The Morgan fingerprint density at radius 1 is 1.15 bits per heavy atom. The van der Waals surface area contributed by atoms with Gasteiger partial charge in [-0.2, -0.15) is 5.10 Å². The molecule has 7 rings (SSSR count). The third kappa shape index (κ3) is 3.87. The Morgan fingerprint density at radius 2 is 2.02 bits per heavy atom. The number of nitrogens with zero attached hydrogens (tertiary/aromatic N) is 8. The summed E-state index contributed by atoms with van der Waals surface area (Å²) in [6, 6.07) is 10.2. The van der Waals surface area contributed by atoms with Gasteiger partial charge in [0.25, 0.3) is 0 Å². The van der Waals surface area contributed by atoms with Gasteiger partial charge in [0.15, 0.2) is 17.3 Å². The van der Waals surface area contributed by atoms with Crippen molar-refractivity contribution >= 4 is 51.5 Å². The first kappa shape index (κ1) is 24.2. The van der Waals surface area contributed by atoms with Crippen molar-refractivity contribution in [3.05, 3.63) is 78.7 Å². The number of ether oxygens (including phenoxy) is 1. The lowest BCUT2D eigenvalue weighted by Gasteiger charge is -2.62. The van der Waals surface area contributed by atoms with Gasteiger partial charge in [-0.1, -0.05) is 18.2 Å². The van der Waals surface area contributed by atoms with Crippen molar-refractivity contribution in [1.82, 2.24) is 34.4 Å². The summed E-state index contributed by atoms with van der Waals surface area (Å²) in [4.78, 5) is 33.6. The van der Waals surface area contributed by atoms with Gasteiger partial charge in [-0.3, -0.25) is 4.79 Å². The standard InChI is InChI=1S/C27H21ClFN9O2/c1-2-22(39)37-10-8-27(37)12-36(13-27)20-6-4-18-25(35-20)26(32-14-30-18)34-17-3-5-19(23(28)24(17)29)40-16-7-9-38-21(11-16)31-15-33-38/h2-7,9,11,14-15H,1,8,10,12-13H2,(H,30,32,34). The zero-order chi connectivity index (χ0) is 27.4. The second kappa shape index (κ2) is 9.12. The minimum absolute atomic E-state index is 0.0502. The number of nitrogens with one attached hydrogen (secondary N) is 1. The molecule has 0 aliphatic carbocycles. The summed E-state index contributed by atoms with van der Waals surface area (Å²) in [7, 11) is 0. The minimum atomic E-state index is -0.702. The van der Waals surface area contributed by atoms with Crippen LogP contribution < -0.4 is 15.0 Å². The van der Waals surface area contributed by atoms with Gasteiger partial charge >= 0.3 is 0 Å². The van der Waals surface area contributed by atoms with Crippen LogP contribution in [0.25, 0.3) is 16.7 Å². The van der Waals surface area contributed by atoms with E-state index in [0.29, 0.717) is 41.3 Å². The van der Waals surface area contributed by atoms with Gasteiger partial charge in [0.1, 0.15) is 40.5 Å². The largest absolute Gasteiger partial charge is 0.455 e. The molecule has 1 amide bonds. The van der Waals surface area contributed by atoms with Crippen LogP contribution in [0.5, 0.6) is 11.5 Å². The number of carbonyl (C=O) groups excluding carboxylic acids is 1. The number of benzene rings is 1. The second-order valence-corrected chi connectivity index (χ2v) is 10.1. The quantitative estimate of drug-likeness (QED) is 0.304. The molecule has 1 N–H and O–H groups in total. The predicted octanol–water partition coefficient (Wildman–Crippen LogP) is 4.37. The van der Waals surface area contributed by atoms with Crippen molar-refractivity contribution in [1.29, 1.82) is 0 Å². The Balaban J connectivity index is 1.13. The van der Waals surface area contributed by atoms with Gasteiger partial charge in [0, 0.05) is 31.9 Å². The molecule has 11 nitrogen and oxygen atoms in total. The van der Waals surface area contributed by atoms with Crippen LogP contribution in [-0.4, -0.2) is 65.5 Å². The summed E-state index contributed by atoms with van der Waals surface area (Å²) >= 11 is 6.35. The Hall–Kier alpha value is -4.84. The molecular weight excluding hydrogens is 537 g/mol. The highest BCUT2D eigenvalue weighted by Gasteiger charge is 2.55. The van der Waals surface area contributed by atoms with E-state index >= 15 is 4.39 Å². The molecule has 1 spiro atoms. The van der Waals surface area contributed by atoms with Crippen molar-refractivity contribution in [2.75, 3.05) is 29.9 Å².